The Morgan fingerprint density at radius 1 is 0.923 bits per heavy atom. The number of hydrogen-bond acceptors (Lipinski definition) is 1. The Morgan fingerprint density at radius 3 is 2.46 bits per heavy atom. The molecule has 0 unspecified atom stereocenters. The van der Waals surface area contributed by atoms with Gasteiger partial charge < -0.3 is 5.73 Å². The summed E-state index contributed by atoms with van der Waals surface area (Å²) in [6, 6.07) is 7.09. The molecule has 3 heteroatoms. The summed E-state index contributed by atoms with van der Waals surface area (Å²) in [5.74, 6) is -0.992. The molecule has 0 spiro atoms. The first kappa shape index (κ1) is 7.98. The van der Waals surface area contributed by atoms with E-state index in [-0.39, 0.29) is 16.5 Å². The molecular formula is C10H7F2N. The standard InChI is InChI=1S/C10H7F2N/c11-8-3-1-2-7-6(8)4-5-9(13)10(7)12/h1-5H,13H2. The van der Waals surface area contributed by atoms with Crippen molar-refractivity contribution in [3.63, 3.8) is 0 Å². The van der Waals surface area contributed by atoms with Gasteiger partial charge in [0, 0.05) is 10.8 Å². The predicted molar refractivity (Wildman–Crippen MR) is 48.3 cm³/mol. The van der Waals surface area contributed by atoms with Crippen LogP contribution in [-0.4, -0.2) is 0 Å². The van der Waals surface area contributed by atoms with E-state index in [0.717, 1.165) is 0 Å². The Hall–Kier alpha value is -1.64. The van der Waals surface area contributed by atoms with Gasteiger partial charge in [-0.3, -0.25) is 0 Å². The van der Waals surface area contributed by atoms with Gasteiger partial charge >= 0.3 is 0 Å². The summed E-state index contributed by atoms with van der Waals surface area (Å²) in [7, 11) is 0. The maximum atomic E-state index is 13.3. The quantitative estimate of drug-likeness (QED) is 0.618. The number of nitrogens with two attached hydrogens (primary N) is 1. The molecule has 0 saturated heterocycles. The van der Waals surface area contributed by atoms with Crippen molar-refractivity contribution >= 4 is 16.5 Å². The summed E-state index contributed by atoms with van der Waals surface area (Å²) >= 11 is 0. The maximum absolute atomic E-state index is 13.3. The highest BCUT2D eigenvalue weighted by Gasteiger charge is 2.06. The van der Waals surface area contributed by atoms with Crippen molar-refractivity contribution < 1.29 is 8.78 Å². The molecule has 0 atom stereocenters. The molecule has 0 aliphatic heterocycles. The summed E-state index contributed by atoms with van der Waals surface area (Å²) in [6.07, 6.45) is 0. The Bertz CT molecular complexity index is 466. The molecule has 0 bridgehead atoms. The first-order valence-corrected chi connectivity index (χ1v) is 3.82. The van der Waals surface area contributed by atoms with Crippen LogP contribution < -0.4 is 5.73 Å². The van der Waals surface area contributed by atoms with Gasteiger partial charge in [-0.1, -0.05) is 12.1 Å². The minimum atomic E-state index is -0.558. The molecule has 0 radical (unpaired) electrons. The van der Waals surface area contributed by atoms with Gasteiger partial charge in [0.25, 0.3) is 0 Å². The van der Waals surface area contributed by atoms with Gasteiger partial charge in [-0.2, -0.15) is 0 Å². The fraction of sp³-hybridized carbons (Fsp3) is 0. The average Bonchev–Trinajstić information content (AvgIpc) is 2.12. The van der Waals surface area contributed by atoms with E-state index >= 15 is 0 Å². The molecule has 66 valence electrons. The molecule has 0 aliphatic rings. The maximum Gasteiger partial charge on any atom is 0.153 e. The lowest BCUT2D eigenvalue weighted by Gasteiger charge is -2.02. The van der Waals surface area contributed by atoms with Crippen molar-refractivity contribution in [1.82, 2.24) is 0 Å². The summed E-state index contributed by atoms with van der Waals surface area (Å²) in [5.41, 5.74) is 5.38. The third kappa shape index (κ3) is 1.13. The van der Waals surface area contributed by atoms with Crippen LogP contribution in [0.4, 0.5) is 14.5 Å². The number of nitrogen functional groups attached to an aromatic ring is 1. The molecule has 0 aliphatic carbocycles. The van der Waals surface area contributed by atoms with E-state index in [9.17, 15) is 8.78 Å². The van der Waals surface area contributed by atoms with E-state index in [4.69, 9.17) is 5.73 Å². The summed E-state index contributed by atoms with van der Waals surface area (Å²) < 4.78 is 26.4. The first-order chi connectivity index (χ1) is 6.20. The van der Waals surface area contributed by atoms with Crippen LogP contribution in [0.25, 0.3) is 10.8 Å². The molecule has 13 heavy (non-hydrogen) atoms. The van der Waals surface area contributed by atoms with Crippen LogP contribution in [0.15, 0.2) is 30.3 Å². The topological polar surface area (TPSA) is 26.0 Å². The first-order valence-electron chi connectivity index (χ1n) is 3.82. The van der Waals surface area contributed by atoms with Crippen LogP contribution in [0.3, 0.4) is 0 Å². The van der Waals surface area contributed by atoms with Crippen molar-refractivity contribution in [1.29, 1.82) is 0 Å². The van der Waals surface area contributed by atoms with Crippen molar-refractivity contribution in [2.24, 2.45) is 0 Å². The Kier molecular flexibility index (Phi) is 1.65. The molecule has 0 fully saturated rings. The average molecular weight is 179 g/mol. The Labute approximate surface area is 73.8 Å². The molecule has 2 N–H and O–H groups in total. The zero-order valence-corrected chi connectivity index (χ0v) is 6.72. The number of halogens is 2. The fourth-order valence-electron chi connectivity index (χ4n) is 1.30. The molecule has 2 rings (SSSR count). The molecule has 0 aromatic heterocycles. The highest BCUT2D eigenvalue weighted by atomic mass is 19.1. The third-order valence-corrected chi connectivity index (χ3v) is 1.97. The van der Waals surface area contributed by atoms with Gasteiger partial charge in [-0.05, 0) is 18.2 Å². The minimum absolute atomic E-state index is 0.0399. The van der Waals surface area contributed by atoms with E-state index in [1.54, 1.807) is 0 Å². The second-order valence-corrected chi connectivity index (χ2v) is 2.80. The predicted octanol–water partition coefficient (Wildman–Crippen LogP) is 2.70. The van der Waals surface area contributed by atoms with E-state index < -0.39 is 11.6 Å². The number of fused-ring (bicyclic) bond motifs is 1. The second-order valence-electron chi connectivity index (χ2n) is 2.80. The Balaban J connectivity index is 2.94. The number of anilines is 1. The van der Waals surface area contributed by atoms with Crippen LogP contribution in [-0.2, 0) is 0 Å². The molecule has 0 saturated carbocycles. The monoisotopic (exact) mass is 179 g/mol. The molecule has 2 aromatic carbocycles. The van der Waals surface area contributed by atoms with Crippen molar-refractivity contribution in [3.05, 3.63) is 42.0 Å². The van der Waals surface area contributed by atoms with Crippen LogP contribution in [0.2, 0.25) is 0 Å². The molecule has 0 heterocycles. The summed E-state index contributed by atoms with van der Waals surface area (Å²) in [4.78, 5) is 0. The van der Waals surface area contributed by atoms with Gasteiger partial charge in [0.05, 0.1) is 5.69 Å². The van der Waals surface area contributed by atoms with Gasteiger partial charge in [-0.15, -0.1) is 0 Å². The van der Waals surface area contributed by atoms with E-state index in [2.05, 4.69) is 0 Å². The van der Waals surface area contributed by atoms with Crippen LogP contribution >= 0.6 is 0 Å². The molecule has 0 amide bonds. The number of hydrogen-bond donors (Lipinski definition) is 1. The van der Waals surface area contributed by atoms with Gasteiger partial charge in [-0.25, -0.2) is 8.78 Å². The van der Waals surface area contributed by atoms with Gasteiger partial charge in [0.2, 0.25) is 0 Å². The molecule has 1 nitrogen and oxygen atoms in total. The van der Waals surface area contributed by atoms with Crippen molar-refractivity contribution in [2.75, 3.05) is 5.73 Å². The lowest BCUT2D eigenvalue weighted by Crippen LogP contribution is -1.92. The van der Waals surface area contributed by atoms with Crippen molar-refractivity contribution in [2.45, 2.75) is 0 Å². The fourth-order valence-corrected chi connectivity index (χ4v) is 1.30. The second kappa shape index (κ2) is 2.69. The van der Waals surface area contributed by atoms with Gasteiger partial charge in [0.15, 0.2) is 5.82 Å². The zero-order valence-electron chi connectivity index (χ0n) is 6.72. The minimum Gasteiger partial charge on any atom is -0.396 e. The normalized spacial score (nSPS) is 10.6. The van der Waals surface area contributed by atoms with Crippen LogP contribution in [0, 0.1) is 11.6 Å². The zero-order chi connectivity index (χ0) is 9.42. The summed E-state index contributed by atoms with van der Waals surface area (Å²) in [5, 5.41) is 0.481. The number of benzene rings is 2. The van der Waals surface area contributed by atoms with Crippen molar-refractivity contribution in [3.8, 4) is 0 Å². The van der Waals surface area contributed by atoms with E-state index in [1.807, 2.05) is 0 Å². The Morgan fingerprint density at radius 2 is 1.69 bits per heavy atom. The molecule has 2 aromatic rings. The largest absolute Gasteiger partial charge is 0.396 e. The van der Waals surface area contributed by atoms with Crippen LogP contribution in [0.5, 0.6) is 0 Å². The third-order valence-electron chi connectivity index (χ3n) is 1.97. The van der Waals surface area contributed by atoms with Crippen LogP contribution in [0.1, 0.15) is 0 Å². The van der Waals surface area contributed by atoms with E-state index in [1.165, 1.54) is 30.3 Å². The number of rotatable bonds is 0. The molecular weight excluding hydrogens is 172 g/mol. The lowest BCUT2D eigenvalue weighted by atomic mass is 10.1. The highest BCUT2D eigenvalue weighted by Crippen LogP contribution is 2.24. The summed E-state index contributed by atoms with van der Waals surface area (Å²) in [6.45, 7) is 0. The van der Waals surface area contributed by atoms with E-state index in [0.29, 0.717) is 0 Å². The SMILES string of the molecule is Nc1ccc2c(F)cccc2c1F. The van der Waals surface area contributed by atoms with Gasteiger partial charge in [0.1, 0.15) is 5.82 Å². The lowest BCUT2D eigenvalue weighted by molar-refractivity contribution is 0.631. The highest BCUT2D eigenvalue weighted by molar-refractivity contribution is 5.86. The smallest absolute Gasteiger partial charge is 0.153 e.